The van der Waals surface area contributed by atoms with Crippen molar-refractivity contribution in [1.82, 2.24) is 0 Å². The molecule has 0 heterocycles. The molecular formula is C27H46O7. The van der Waals surface area contributed by atoms with Crippen LogP contribution < -0.4 is 0 Å². The van der Waals surface area contributed by atoms with E-state index in [0.717, 1.165) is 25.7 Å². The highest BCUT2D eigenvalue weighted by Gasteiger charge is 2.44. The van der Waals surface area contributed by atoms with E-state index in [2.05, 4.69) is 0 Å². The van der Waals surface area contributed by atoms with E-state index in [9.17, 15) is 14.4 Å². The molecule has 2 fully saturated rings. The lowest BCUT2D eigenvalue weighted by atomic mass is 9.77. The maximum Gasteiger partial charge on any atom is 0.310 e. The number of ether oxygens (including phenoxy) is 4. The van der Waals surface area contributed by atoms with Crippen molar-refractivity contribution >= 4 is 17.9 Å². The first-order valence-electron chi connectivity index (χ1n) is 12.8. The van der Waals surface area contributed by atoms with Crippen LogP contribution in [0.4, 0.5) is 0 Å². The van der Waals surface area contributed by atoms with Gasteiger partial charge in [0.25, 0.3) is 0 Å². The summed E-state index contributed by atoms with van der Waals surface area (Å²) < 4.78 is 23.2. The van der Waals surface area contributed by atoms with Gasteiger partial charge in [-0.1, -0.05) is 0 Å². The smallest absolute Gasteiger partial charge is 0.310 e. The van der Waals surface area contributed by atoms with Gasteiger partial charge >= 0.3 is 17.9 Å². The van der Waals surface area contributed by atoms with Crippen LogP contribution in [0.1, 0.15) is 107 Å². The largest absolute Gasteiger partial charge is 0.460 e. The van der Waals surface area contributed by atoms with E-state index in [1.807, 2.05) is 62.3 Å². The monoisotopic (exact) mass is 482 g/mol. The van der Waals surface area contributed by atoms with Crippen LogP contribution in [0.3, 0.4) is 0 Å². The molecule has 34 heavy (non-hydrogen) atoms. The summed E-state index contributed by atoms with van der Waals surface area (Å²) in [7, 11) is 0. The lowest BCUT2D eigenvalue weighted by Gasteiger charge is -2.38. The molecule has 0 aromatic heterocycles. The van der Waals surface area contributed by atoms with Gasteiger partial charge in [0.05, 0.1) is 30.0 Å². The minimum atomic E-state index is -0.636. The predicted octanol–water partition coefficient (Wildman–Crippen LogP) is 5.37. The normalized spacial score (nSPS) is 28.7. The molecule has 7 nitrogen and oxygen atoms in total. The zero-order valence-corrected chi connectivity index (χ0v) is 22.7. The number of rotatable bonds is 5. The first kappa shape index (κ1) is 28.6. The van der Waals surface area contributed by atoms with Crippen molar-refractivity contribution in [3.63, 3.8) is 0 Å². The molecule has 0 N–H and O–H groups in total. The van der Waals surface area contributed by atoms with Gasteiger partial charge in [-0.2, -0.15) is 0 Å². The second-order valence-electron chi connectivity index (χ2n) is 12.9. The van der Waals surface area contributed by atoms with Crippen molar-refractivity contribution in [1.29, 1.82) is 0 Å². The molecule has 0 saturated heterocycles. The summed E-state index contributed by atoms with van der Waals surface area (Å²) in [6.45, 7) is 16.6. The van der Waals surface area contributed by atoms with Crippen molar-refractivity contribution < 1.29 is 33.3 Å². The van der Waals surface area contributed by atoms with Crippen LogP contribution in [0.15, 0.2) is 0 Å². The molecule has 3 unspecified atom stereocenters. The quantitative estimate of drug-likeness (QED) is 0.384. The molecule has 196 valence electrons. The lowest BCUT2D eigenvalue weighted by molar-refractivity contribution is -0.179. The molecule has 0 spiro atoms. The maximum atomic E-state index is 13.0. The topological polar surface area (TPSA) is 88.1 Å². The van der Waals surface area contributed by atoms with Crippen molar-refractivity contribution in [2.24, 2.45) is 17.8 Å². The summed E-state index contributed by atoms with van der Waals surface area (Å²) in [6, 6.07) is 0. The molecule has 0 amide bonds. The molecule has 2 aliphatic rings. The van der Waals surface area contributed by atoms with Gasteiger partial charge in [0.15, 0.2) is 0 Å². The molecule has 2 saturated carbocycles. The Morgan fingerprint density at radius 3 is 1.41 bits per heavy atom. The van der Waals surface area contributed by atoms with E-state index in [1.165, 1.54) is 0 Å². The Hall–Kier alpha value is -1.63. The van der Waals surface area contributed by atoms with Crippen LogP contribution >= 0.6 is 0 Å². The Balaban J connectivity index is 1.98. The molecule has 0 radical (unpaired) electrons. The number of esters is 3. The standard InChI is InChI=1S/C27H46O7/c1-25(2,3)32-22(28)17-10-12-18(13-11-17)31-19-14-15-20(23(29)33-26(4,5)6)21(16-19)24(30)34-27(7,8)9/h17-21H,10-16H2,1-9H3. The summed E-state index contributed by atoms with van der Waals surface area (Å²) in [4.78, 5) is 38.3. The van der Waals surface area contributed by atoms with Gasteiger partial charge in [0.1, 0.15) is 16.8 Å². The Kier molecular flexibility index (Phi) is 9.22. The van der Waals surface area contributed by atoms with Crippen molar-refractivity contribution in [3.8, 4) is 0 Å². The number of carbonyl (C=O) groups is 3. The van der Waals surface area contributed by atoms with Gasteiger partial charge in [-0.05, 0) is 107 Å². The Morgan fingerprint density at radius 2 is 0.941 bits per heavy atom. The van der Waals surface area contributed by atoms with E-state index < -0.39 is 28.6 Å². The summed E-state index contributed by atoms with van der Waals surface area (Å²) >= 11 is 0. The minimum absolute atomic E-state index is 0.0426. The fourth-order valence-corrected chi connectivity index (χ4v) is 4.65. The van der Waals surface area contributed by atoms with E-state index >= 15 is 0 Å². The van der Waals surface area contributed by atoms with Gasteiger partial charge in [-0.15, -0.1) is 0 Å². The number of hydrogen-bond donors (Lipinski definition) is 0. The Morgan fingerprint density at radius 1 is 0.529 bits per heavy atom. The average Bonchev–Trinajstić information content (AvgIpc) is 2.64. The Labute approximate surface area is 205 Å². The van der Waals surface area contributed by atoms with Crippen LogP contribution in [0.5, 0.6) is 0 Å². The fraction of sp³-hybridized carbons (Fsp3) is 0.889. The lowest BCUT2D eigenvalue weighted by Crippen LogP contribution is -2.44. The second kappa shape index (κ2) is 11.0. The van der Waals surface area contributed by atoms with Gasteiger partial charge in [-0.25, -0.2) is 0 Å². The van der Waals surface area contributed by atoms with Crippen molar-refractivity contribution in [3.05, 3.63) is 0 Å². The first-order chi connectivity index (χ1) is 15.4. The van der Waals surface area contributed by atoms with Crippen molar-refractivity contribution in [2.45, 2.75) is 136 Å². The molecule has 0 aromatic carbocycles. The molecule has 0 aromatic rings. The highest BCUT2D eigenvalue weighted by Crippen LogP contribution is 2.38. The Bertz CT molecular complexity index is 715. The van der Waals surface area contributed by atoms with E-state index in [4.69, 9.17) is 18.9 Å². The number of hydrogen-bond acceptors (Lipinski definition) is 7. The highest BCUT2D eigenvalue weighted by molar-refractivity contribution is 5.82. The highest BCUT2D eigenvalue weighted by atomic mass is 16.6. The molecule has 7 heteroatoms. The fourth-order valence-electron chi connectivity index (χ4n) is 4.65. The van der Waals surface area contributed by atoms with Crippen LogP contribution in [-0.2, 0) is 33.3 Å². The SMILES string of the molecule is CC(C)(C)OC(=O)C1CCC(OC2CCC(C(=O)OC(C)(C)C)C(C(=O)OC(C)(C)C)C2)CC1. The molecular weight excluding hydrogens is 436 g/mol. The van der Waals surface area contributed by atoms with E-state index in [-0.39, 0.29) is 36.0 Å². The van der Waals surface area contributed by atoms with Gasteiger partial charge in [0.2, 0.25) is 0 Å². The summed E-state index contributed by atoms with van der Waals surface area (Å²) in [6.07, 6.45) is 4.61. The third kappa shape index (κ3) is 9.55. The predicted molar refractivity (Wildman–Crippen MR) is 129 cm³/mol. The second-order valence-corrected chi connectivity index (χ2v) is 12.9. The molecule has 2 rings (SSSR count). The van der Waals surface area contributed by atoms with Crippen LogP contribution in [0.25, 0.3) is 0 Å². The first-order valence-corrected chi connectivity index (χ1v) is 12.8. The number of carbonyl (C=O) groups excluding carboxylic acids is 3. The summed E-state index contributed by atoms with van der Waals surface area (Å²) in [5.41, 5.74) is -1.73. The molecule has 0 aliphatic heterocycles. The van der Waals surface area contributed by atoms with Gasteiger partial charge < -0.3 is 18.9 Å². The van der Waals surface area contributed by atoms with Crippen molar-refractivity contribution in [2.75, 3.05) is 0 Å². The van der Waals surface area contributed by atoms with Gasteiger partial charge in [-0.3, -0.25) is 14.4 Å². The zero-order valence-electron chi connectivity index (χ0n) is 22.7. The zero-order chi connectivity index (χ0) is 25.9. The van der Waals surface area contributed by atoms with Crippen LogP contribution in [0.2, 0.25) is 0 Å². The molecule has 2 aliphatic carbocycles. The third-order valence-electron chi connectivity index (χ3n) is 6.02. The van der Waals surface area contributed by atoms with Crippen LogP contribution in [-0.4, -0.2) is 46.9 Å². The maximum absolute atomic E-state index is 13.0. The van der Waals surface area contributed by atoms with Crippen LogP contribution in [0, 0.1) is 17.8 Å². The third-order valence-corrected chi connectivity index (χ3v) is 6.02. The van der Waals surface area contributed by atoms with E-state index in [0.29, 0.717) is 19.3 Å². The molecule has 0 bridgehead atoms. The minimum Gasteiger partial charge on any atom is -0.460 e. The van der Waals surface area contributed by atoms with E-state index in [1.54, 1.807) is 0 Å². The van der Waals surface area contributed by atoms with Gasteiger partial charge in [0, 0.05) is 0 Å². The summed E-state index contributed by atoms with van der Waals surface area (Å²) in [5, 5.41) is 0. The summed E-state index contributed by atoms with van der Waals surface area (Å²) in [5.74, 6) is -2.06. The molecule has 3 atom stereocenters. The average molecular weight is 483 g/mol.